The molecule has 1 fully saturated rings. The van der Waals surface area contributed by atoms with Gasteiger partial charge in [0.15, 0.2) is 0 Å². The number of thiophene rings is 1. The number of halogens is 1. The summed E-state index contributed by atoms with van der Waals surface area (Å²) in [5, 5.41) is 24.3. The fourth-order valence-corrected chi connectivity index (χ4v) is 4.29. The van der Waals surface area contributed by atoms with Crippen LogP contribution in [0.15, 0.2) is 71.6 Å². The van der Waals surface area contributed by atoms with Gasteiger partial charge in [0, 0.05) is 33.3 Å². The van der Waals surface area contributed by atoms with Gasteiger partial charge in [0.05, 0.1) is 10.5 Å². The lowest BCUT2D eigenvalue weighted by atomic mass is 9.99. The number of nitro groups is 1. The van der Waals surface area contributed by atoms with E-state index in [0.29, 0.717) is 15.6 Å². The molecule has 1 unspecified atom stereocenters. The van der Waals surface area contributed by atoms with Crippen molar-refractivity contribution in [1.82, 2.24) is 0 Å². The standard InChI is InChI=1S/C21H13ClN2O5S/c22-13-6-8-14(9-7-13)23-18(16-5-2-10-30-16)17(20(26)21(23)27)19(25)12-3-1-4-15(11-12)24(28)29/h1-11,18,25H/b19-17-. The van der Waals surface area contributed by atoms with E-state index in [4.69, 9.17) is 11.6 Å². The van der Waals surface area contributed by atoms with Gasteiger partial charge in [-0.05, 0) is 35.7 Å². The van der Waals surface area contributed by atoms with E-state index in [9.17, 15) is 24.8 Å². The van der Waals surface area contributed by atoms with Crippen molar-refractivity contribution >= 4 is 51.8 Å². The summed E-state index contributed by atoms with van der Waals surface area (Å²) in [7, 11) is 0. The number of rotatable bonds is 4. The molecule has 1 amide bonds. The van der Waals surface area contributed by atoms with Gasteiger partial charge in [0.2, 0.25) is 0 Å². The molecule has 0 aliphatic carbocycles. The molecular formula is C21H13ClN2O5S. The summed E-state index contributed by atoms with van der Waals surface area (Å²) < 4.78 is 0. The van der Waals surface area contributed by atoms with Crippen LogP contribution in [0.25, 0.3) is 5.76 Å². The summed E-state index contributed by atoms with van der Waals surface area (Å²) in [5.74, 6) is -2.14. The van der Waals surface area contributed by atoms with Gasteiger partial charge < -0.3 is 5.11 Å². The summed E-state index contributed by atoms with van der Waals surface area (Å²) in [6.45, 7) is 0. The van der Waals surface area contributed by atoms with Crippen LogP contribution in [0.3, 0.4) is 0 Å². The number of ketones is 1. The first-order valence-corrected chi connectivity index (χ1v) is 9.99. The Morgan fingerprint density at radius 2 is 1.83 bits per heavy atom. The third-order valence-corrected chi connectivity index (χ3v) is 5.87. The number of hydrogen-bond donors (Lipinski definition) is 1. The second kappa shape index (κ2) is 7.74. The smallest absolute Gasteiger partial charge is 0.300 e. The molecule has 2 heterocycles. The minimum atomic E-state index is -0.870. The molecule has 1 N–H and O–H groups in total. The Bertz CT molecular complexity index is 1190. The maximum atomic E-state index is 12.9. The third-order valence-electron chi connectivity index (χ3n) is 4.69. The summed E-state index contributed by atoms with van der Waals surface area (Å²) in [6, 6.07) is 14.4. The zero-order valence-corrected chi connectivity index (χ0v) is 16.8. The van der Waals surface area contributed by atoms with Crippen LogP contribution in [-0.4, -0.2) is 21.7 Å². The zero-order chi connectivity index (χ0) is 21.4. The molecule has 3 aromatic rings. The van der Waals surface area contributed by atoms with Crippen LogP contribution in [0.5, 0.6) is 0 Å². The van der Waals surface area contributed by atoms with E-state index in [1.807, 2.05) is 0 Å². The SMILES string of the molecule is O=C1C(=O)N(c2ccc(Cl)cc2)C(c2cccs2)/C1=C(/O)c1cccc([N+](=O)[O-])c1. The van der Waals surface area contributed by atoms with Crippen molar-refractivity contribution in [2.75, 3.05) is 4.90 Å². The van der Waals surface area contributed by atoms with Crippen LogP contribution in [0.2, 0.25) is 5.02 Å². The number of Topliss-reactive ketones (excluding diaryl/α,β-unsaturated/α-hetero) is 1. The fraction of sp³-hybridized carbons (Fsp3) is 0.0476. The monoisotopic (exact) mass is 440 g/mol. The number of aliphatic hydroxyl groups excluding tert-OH is 1. The number of nitro benzene ring substituents is 1. The lowest BCUT2D eigenvalue weighted by Gasteiger charge is -2.24. The molecule has 7 nitrogen and oxygen atoms in total. The fourth-order valence-electron chi connectivity index (χ4n) is 3.34. The van der Waals surface area contributed by atoms with Crippen LogP contribution in [-0.2, 0) is 9.59 Å². The van der Waals surface area contributed by atoms with Crippen molar-refractivity contribution in [3.8, 4) is 0 Å². The minimum absolute atomic E-state index is 0.0832. The second-order valence-corrected chi connectivity index (χ2v) is 7.88. The molecule has 9 heteroatoms. The first-order chi connectivity index (χ1) is 14.4. The predicted molar refractivity (Wildman–Crippen MR) is 114 cm³/mol. The number of carbonyl (C=O) groups is 2. The number of carbonyl (C=O) groups excluding carboxylic acids is 2. The normalized spacial score (nSPS) is 18.0. The summed E-state index contributed by atoms with van der Waals surface area (Å²) in [6.07, 6.45) is 0. The zero-order valence-electron chi connectivity index (χ0n) is 15.2. The molecule has 4 rings (SSSR count). The van der Waals surface area contributed by atoms with Gasteiger partial charge in [-0.2, -0.15) is 0 Å². The highest BCUT2D eigenvalue weighted by molar-refractivity contribution is 7.10. The Balaban J connectivity index is 1.92. The van der Waals surface area contributed by atoms with E-state index < -0.39 is 28.4 Å². The van der Waals surface area contributed by atoms with Gasteiger partial charge in [-0.1, -0.05) is 29.8 Å². The highest BCUT2D eigenvalue weighted by Crippen LogP contribution is 2.43. The Kier molecular flexibility index (Phi) is 5.11. The maximum Gasteiger partial charge on any atom is 0.300 e. The van der Waals surface area contributed by atoms with Gasteiger partial charge in [-0.3, -0.25) is 24.6 Å². The number of hydrogen-bond acceptors (Lipinski definition) is 6. The lowest BCUT2D eigenvalue weighted by molar-refractivity contribution is -0.384. The first-order valence-electron chi connectivity index (χ1n) is 8.73. The quantitative estimate of drug-likeness (QED) is 0.204. The minimum Gasteiger partial charge on any atom is -0.507 e. The molecule has 0 bridgehead atoms. The van der Waals surface area contributed by atoms with E-state index in [1.54, 1.807) is 41.8 Å². The predicted octanol–water partition coefficient (Wildman–Crippen LogP) is 4.94. The number of non-ortho nitro benzene ring substituents is 1. The number of anilines is 1. The molecule has 1 aromatic heterocycles. The van der Waals surface area contributed by atoms with Gasteiger partial charge in [-0.25, -0.2) is 0 Å². The van der Waals surface area contributed by atoms with Gasteiger partial charge in [-0.15, -0.1) is 11.3 Å². The van der Waals surface area contributed by atoms with E-state index in [0.717, 1.165) is 6.07 Å². The van der Waals surface area contributed by atoms with E-state index in [2.05, 4.69) is 0 Å². The molecule has 1 saturated heterocycles. The molecule has 0 radical (unpaired) electrons. The van der Waals surface area contributed by atoms with Crippen molar-refractivity contribution in [2.45, 2.75) is 6.04 Å². The largest absolute Gasteiger partial charge is 0.507 e. The molecule has 150 valence electrons. The summed E-state index contributed by atoms with van der Waals surface area (Å²) in [5.41, 5.74) is 0.161. The molecule has 0 spiro atoms. The number of nitrogens with zero attached hydrogens (tertiary/aromatic N) is 2. The van der Waals surface area contributed by atoms with Crippen molar-refractivity contribution < 1.29 is 19.6 Å². The molecule has 1 aliphatic rings. The second-order valence-electron chi connectivity index (χ2n) is 6.47. The van der Waals surface area contributed by atoms with Gasteiger partial charge in [0.25, 0.3) is 17.4 Å². The Hall–Kier alpha value is -3.49. The van der Waals surface area contributed by atoms with Gasteiger partial charge in [0.1, 0.15) is 11.8 Å². The third kappa shape index (κ3) is 3.36. The van der Waals surface area contributed by atoms with Crippen molar-refractivity contribution in [1.29, 1.82) is 0 Å². The molecule has 0 saturated carbocycles. The van der Waals surface area contributed by atoms with E-state index >= 15 is 0 Å². The first kappa shape index (κ1) is 19.8. The van der Waals surface area contributed by atoms with Crippen LogP contribution in [0, 0.1) is 10.1 Å². The van der Waals surface area contributed by atoms with E-state index in [1.165, 1.54) is 34.4 Å². The summed E-state index contributed by atoms with van der Waals surface area (Å²) in [4.78, 5) is 38.3. The van der Waals surface area contributed by atoms with Crippen molar-refractivity contribution in [3.05, 3.63) is 97.2 Å². The highest BCUT2D eigenvalue weighted by Gasteiger charge is 2.47. The molecular weight excluding hydrogens is 428 g/mol. The number of benzene rings is 2. The Morgan fingerprint density at radius 3 is 2.47 bits per heavy atom. The van der Waals surface area contributed by atoms with Crippen LogP contribution in [0.1, 0.15) is 16.5 Å². The highest BCUT2D eigenvalue weighted by atomic mass is 35.5. The Labute approximate surface area is 179 Å². The number of aliphatic hydroxyl groups is 1. The van der Waals surface area contributed by atoms with Crippen LogP contribution >= 0.6 is 22.9 Å². The Morgan fingerprint density at radius 1 is 1.10 bits per heavy atom. The molecule has 2 aromatic carbocycles. The molecule has 1 aliphatic heterocycles. The average Bonchev–Trinajstić information content (AvgIpc) is 3.36. The van der Waals surface area contributed by atoms with Crippen molar-refractivity contribution in [3.63, 3.8) is 0 Å². The number of amides is 1. The maximum absolute atomic E-state index is 12.9. The topological polar surface area (TPSA) is 101 Å². The van der Waals surface area contributed by atoms with Crippen LogP contribution < -0.4 is 4.90 Å². The molecule has 30 heavy (non-hydrogen) atoms. The lowest BCUT2D eigenvalue weighted by Crippen LogP contribution is -2.29. The average molecular weight is 441 g/mol. The van der Waals surface area contributed by atoms with Crippen LogP contribution in [0.4, 0.5) is 11.4 Å². The van der Waals surface area contributed by atoms with E-state index in [-0.39, 0.29) is 16.8 Å². The van der Waals surface area contributed by atoms with Crippen molar-refractivity contribution in [2.24, 2.45) is 0 Å². The summed E-state index contributed by atoms with van der Waals surface area (Å²) >= 11 is 7.27. The molecule has 1 atom stereocenters. The van der Waals surface area contributed by atoms with Gasteiger partial charge >= 0.3 is 0 Å².